The fourth-order valence-electron chi connectivity index (χ4n) is 16.7. The number of imidazole rings is 1. The topological polar surface area (TPSA) is 169 Å². The molecule has 5 heterocycles. The van der Waals surface area contributed by atoms with Crippen molar-refractivity contribution in [1.29, 1.82) is 0 Å². The van der Waals surface area contributed by atoms with E-state index in [4.69, 9.17) is 10.7 Å². The van der Waals surface area contributed by atoms with Gasteiger partial charge in [0.05, 0.1) is 45.0 Å². The van der Waals surface area contributed by atoms with Gasteiger partial charge in [-0.15, -0.1) is 28.6 Å². The van der Waals surface area contributed by atoms with Gasteiger partial charge >= 0.3 is 0 Å². The molecule has 8 aliphatic rings. The highest BCUT2D eigenvalue weighted by molar-refractivity contribution is 7.23. The monoisotopic (exact) mass is 1050 g/mol. The Morgan fingerprint density at radius 3 is 2.64 bits per heavy atom. The summed E-state index contributed by atoms with van der Waals surface area (Å²) in [4.78, 5) is 33.5. The Morgan fingerprint density at radius 1 is 0.974 bits per heavy atom. The zero-order valence-corrected chi connectivity index (χ0v) is 45.4. The number of hydrogen-bond acceptors (Lipinski definition) is 9. The third kappa shape index (κ3) is 8.31. The summed E-state index contributed by atoms with van der Waals surface area (Å²) in [5, 5.41) is 44.2. The fourth-order valence-corrected chi connectivity index (χ4v) is 18.7. The molecule has 9 bridgehead atoms. The minimum absolute atomic E-state index is 0.00119. The lowest BCUT2D eigenvalue weighted by molar-refractivity contribution is -0.0189. The maximum atomic E-state index is 16.0. The van der Waals surface area contributed by atoms with Gasteiger partial charge < -0.3 is 36.7 Å². The second kappa shape index (κ2) is 19.2. The predicted octanol–water partition coefficient (Wildman–Crippen LogP) is 11.0. The number of aliphatic hydroxyl groups is 2. The van der Waals surface area contributed by atoms with E-state index in [-0.39, 0.29) is 65.2 Å². The normalized spacial score (nSPS) is 33.0. The Hall–Kier alpha value is -5.89. The van der Waals surface area contributed by atoms with E-state index in [1.165, 1.54) is 17.5 Å². The standard InChI is InChI=1S/C64H70N6O4S2/c1-3-9-45-16-19-52(75-45)53-20-21-54(76-53)59(73)50-24-27-62-26-23-49-57(63(36-64(49,50)35-62)25-8-12-42(63)34-71)39-15-17-46-41(30-56(62)70-60(65)68-43-13-5-4-6-14-43)29-51(72)47-18-22-55(69-58(46)47)61(2,74)32-40-11-7-10-38(28-39)48(40)31-44-33-66-37-67-44/h7,10-11,16,18-23,26,29,33,37,39,42-43,49-50,55-57,69,71-72,74H,4-6,8,12-14,24-25,27-28,30-32,34-36H2,1-2H3,(H,66,67)(H3,65,68,70). The van der Waals surface area contributed by atoms with Gasteiger partial charge in [0, 0.05) is 69.9 Å². The number of aliphatic hydroxyl groups excluding tert-OH is 1. The maximum Gasteiger partial charge on any atom is 0.189 e. The molecule has 3 aromatic heterocycles. The van der Waals surface area contributed by atoms with Crippen LogP contribution in [0.1, 0.15) is 145 Å². The highest BCUT2D eigenvalue weighted by Crippen LogP contribution is 2.76. The van der Waals surface area contributed by atoms with Gasteiger partial charge in [0.25, 0.3) is 0 Å². The number of aromatic amines is 1. The lowest BCUT2D eigenvalue weighted by Gasteiger charge is -2.57. The van der Waals surface area contributed by atoms with Crippen molar-refractivity contribution in [3.05, 3.63) is 128 Å². The predicted molar refractivity (Wildman–Crippen MR) is 304 cm³/mol. The maximum absolute atomic E-state index is 16.0. The van der Waals surface area contributed by atoms with Crippen LogP contribution in [0.3, 0.4) is 0 Å². The second-order valence-corrected chi connectivity index (χ2v) is 26.4. The number of carbonyl (C=O) groups excluding carboxylic acids is 1. The van der Waals surface area contributed by atoms with Crippen LogP contribution in [0.2, 0.25) is 0 Å². The number of anilines is 1. The van der Waals surface area contributed by atoms with E-state index in [2.05, 4.69) is 98.9 Å². The number of aliphatic imine (C=N–C) groups is 1. The number of aromatic nitrogens is 2. The summed E-state index contributed by atoms with van der Waals surface area (Å²) >= 11 is 3.28. The number of guanidine groups is 1. The number of ketones is 1. The Labute approximate surface area is 455 Å². The summed E-state index contributed by atoms with van der Waals surface area (Å²) in [7, 11) is 0. The molecule has 4 saturated carbocycles. The molecule has 0 saturated heterocycles. The van der Waals surface area contributed by atoms with Gasteiger partial charge in [-0.05, 0) is 159 Å². The number of aromatic hydroxyl groups is 1. The number of fused-ring (bicyclic) bond motifs is 6. The van der Waals surface area contributed by atoms with Crippen LogP contribution in [0.4, 0.5) is 5.69 Å². The Balaban J connectivity index is 1.04. The summed E-state index contributed by atoms with van der Waals surface area (Å²) in [6.07, 6.45) is 26.3. The van der Waals surface area contributed by atoms with Crippen LogP contribution in [0.15, 0.2) is 84.3 Å². The van der Waals surface area contributed by atoms with Crippen molar-refractivity contribution in [3.63, 3.8) is 0 Å². The number of thiophene rings is 2. The first-order valence-electron chi connectivity index (χ1n) is 28.1. The molecule has 392 valence electrons. The van der Waals surface area contributed by atoms with Crippen LogP contribution < -0.4 is 16.4 Å². The van der Waals surface area contributed by atoms with Gasteiger partial charge in [-0.1, -0.05) is 85.9 Å². The first-order valence-corrected chi connectivity index (χ1v) is 29.7. The molecule has 76 heavy (non-hydrogen) atoms. The Kier molecular flexibility index (Phi) is 12.6. The first kappa shape index (κ1) is 49.7. The largest absolute Gasteiger partial charge is 0.507 e. The molecule has 3 spiro atoms. The third-order valence-electron chi connectivity index (χ3n) is 20.0. The smallest absolute Gasteiger partial charge is 0.189 e. The van der Waals surface area contributed by atoms with Crippen LogP contribution in [0, 0.1) is 69.5 Å². The lowest BCUT2D eigenvalue weighted by atomic mass is 9.47. The van der Waals surface area contributed by atoms with Crippen molar-refractivity contribution in [2.24, 2.45) is 56.6 Å². The fraction of sp³-hybridized carbons (Fsp3) is 0.484. The van der Waals surface area contributed by atoms with E-state index >= 15 is 4.79 Å². The number of nitrogens with one attached hydrogen (secondary N) is 3. The van der Waals surface area contributed by atoms with E-state index in [1.54, 1.807) is 29.0 Å². The molecule has 6 aliphatic carbocycles. The van der Waals surface area contributed by atoms with Crippen LogP contribution in [0.5, 0.6) is 5.75 Å². The molecule has 10 nitrogen and oxygen atoms in total. The van der Waals surface area contributed by atoms with Crippen LogP contribution in [-0.2, 0) is 25.7 Å². The van der Waals surface area contributed by atoms with E-state index < -0.39 is 22.5 Å². The number of H-pyrrole nitrogens is 1. The number of nitrogens with two attached hydrogens (primary N) is 1. The van der Waals surface area contributed by atoms with Gasteiger partial charge in [0.1, 0.15) is 5.75 Å². The molecule has 5 aromatic rings. The van der Waals surface area contributed by atoms with Crippen molar-refractivity contribution < 1.29 is 20.1 Å². The van der Waals surface area contributed by atoms with Gasteiger partial charge in [0.15, 0.2) is 11.7 Å². The molecule has 13 rings (SSSR count). The molecule has 11 unspecified atom stereocenters. The van der Waals surface area contributed by atoms with Gasteiger partial charge in [-0.3, -0.25) is 4.79 Å². The number of hydrogen-bond donors (Lipinski definition) is 7. The van der Waals surface area contributed by atoms with Crippen LogP contribution >= 0.6 is 22.7 Å². The van der Waals surface area contributed by atoms with Crippen molar-refractivity contribution in [2.45, 2.75) is 140 Å². The van der Waals surface area contributed by atoms with Crippen LogP contribution in [0.25, 0.3) is 15.8 Å². The van der Waals surface area contributed by atoms with Crippen molar-refractivity contribution in [3.8, 4) is 39.2 Å². The number of benzene rings is 2. The highest BCUT2D eigenvalue weighted by Gasteiger charge is 2.71. The number of Topliss-reactive ketones (excluding diaryl/α,β-unsaturated/α-hetero) is 1. The number of allylic oxidation sites excluding steroid dienone is 1. The second-order valence-electron chi connectivity index (χ2n) is 24.2. The van der Waals surface area contributed by atoms with E-state index in [0.29, 0.717) is 43.6 Å². The van der Waals surface area contributed by atoms with E-state index in [1.807, 2.05) is 38.3 Å². The first-order chi connectivity index (χ1) is 36.9. The van der Waals surface area contributed by atoms with Crippen molar-refractivity contribution in [1.82, 2.24) is 15.3 Å². The highest BCUT2D eigenvalue weighted by atomic mass is 32.1. The number of nitrogens with zero attached hydrogens (tertiary/aromatic N) is 2. The minimum atomic E-state index is -1.24. The van der Waals surface area contributed by atoms with Gasteiger partial charge in [-0.25, -0.2) is 9.98 Å². The number of phenolic OH excluding ortho intramolecular Hbond substituents is 1. The van der Waals surface area contributed by atoms with Gasteiger partial charge in [-0.2, -0.15) is 0 Å². The Bertz CT molecular complexity index is 3320. The molecule has 2 aromatic carbocycles. The number of carbonyl (C=O) groups is 1. The number of rotatable bonds is 8. The van der Waals surface area contributed by atoms with Gasteiger partial charge in [0.2, 0.25) is 0 Å². The average molecular weight is 1050 g/mol. The zero-order valence-electron chi connectivity index (χ0n) is 43.8. The molecule has 2 aliphatic heterocycles. The molecule has 4 fully saturated rings. The summed E-state index contributed by atoms with van der Waals surface area (Å²) in [6, 6.07) is 16.3. The van der Waals surface area contributed by atoms with E-state index in [0.717, 1.165) is 112 Å². The summed E-state index contributed by atoms with van der Waals surface area (Å²) in [5.74, 6) is 14.7. The minimum Gasteiger partial charge on any atom is -0.507 e. The SMILES string of the molecule is CC#Cc1ccc(-c2ccc(C(=O)C3CCC45C=CC6C(C7C#Cc8c(cc(O)c9c8NC(C=C9)C(C)(O)Cc8cccc(c8Cc8cnc[nH]8)C7)CC4N=C(N)NC4CCCCC4)C4(CCCC4CO)CC36C5)s2)s1. The van der Waals surface area contributed by atoms with Crippen LogP contribution in [-0.4, -0.2) is 67.4 Å². The third-order valence-corrected chi connectivity index (χ3v) is 22.3. The molecule has 0 radical (unpaired) electrons. The summed E-state index contributed by atoms with van der Waals surface area (Å²) in [5.41, 5.74) is 12.2. The molecular formula is C64H70N6O4S2. The summed E-state index contributed by atoms with van der Waals surface area (Å²) < 4.78 is 0. The Morgan fingerprint density at radius 2 is 1.82 bits per heavy atom. The van der Waals surface area contributed by atoms with Crippen molar-refractivity contribution >= 4 is 46.2 Å². The molecule has 0 amide bonds. The average Bonchev–Trinajstić information content (AvgIpc) is 4.47. The number of phenols is 1. The molecule has 12 heteroatoms. The quantitative estimate of drug-likeness (QED) is 0.0265. The molecule has 8 N–H and O–H groups in total. The molecule has 11 atom stereocenters. The molecular weight excluding hydrogens is 981 g/mol. The lowest BCUT2D eigenvalue weighted by Crippen LogP contribution is -2.54. The van der Waals surface area contributed by atoms with Crippen molar-refractivity contribution in [2.75, 3.05) is 11.9 Å². The summed E-state index contributed by atoms with van der Waals surface area (Å²) in [6.45, 7) is 3.86. The zero-order chi connectivity index (χ0) is 52.0. The van der Waals surface area contributed by atoms with E-state index in [9.17, 15) is 15.3 Å².